The Morgan fingerprint density at radius 3 is 2.35 bits per heavy atom. The van der Waals surface area contributed by atoms with Gasteiger partial charge in [-0.15, -0.1) is 11.6 Å². The van der Waals surface area contributed by atoms with Gasteiger partial charge in [-0.1, -0.05) is 13.0 Å². The molecule has 2 amide bonds. The van der Waals surface area contributed by atoms with E-state index in [0.29, 0.717) is 23.0 Å². The zero-order valence-electron chi connectivity index (χ0n) is 19.0. The molecular weight excluding hydrogens is 416 g/mol. The van der Waals surface area contributed by atoms with Crippen molar-refractivity contribution in [2.45, 2.75) is 83.5 Å². The fraction of sp³-hybridized carbons (Fsp3) is 0.667. The molecule has 0 saturated heterocycles. The summed E-state index contributed by atoms with van der Waals surface area (Å²) >= 11 is 5.94. The fourth-order valence-electron chi connectivity index (χ4n) is 4.31. The largest absolute Gasteiger partial charge is 0.493 e. The van der Waals surface area contributed by atoms with Crippen molar-refractivity contribution in [3.05, 3.63) is 23.8 Å². The van der Waals surface area contributed by atoms with Crippen LogP contribution in [0.3, 0.4) is 0 Å². The average Bonchev–Trinajstić information content (AvgIpc) is 3.58. The van der Waals surface area contributed by atoms with Crippen LogP contribution < -0.4 is 14.8 Å². The molecule has 2 aliphatic carbocycles. The van der Waals surface area contributed by atoms with Gasteiger partial charge < -0.3 is 19.7 Å². The summed E-state index contributed by atoms with van der Waals surface area (Å²) in [6.07, 6.45) is 5.93. The van der Waals surface area contributed by atoms with Crippen LogP contribution in [0.5, 0.6) is 11.5 Å². The summed E-state index contributed by atoms with van der Waals surface area (Å²) in [5, 5.41) is 3.22. The van der Waals surface area contributed by atoms with E-state index >= 15 is 0 Å². The average molecular weight is 451 g/mol. The quantitative estimate of drug-likeness (QED) is 0.564. The Morgan fingerprint density at radius 2 is 1.81 bits per heavy atom. The number of benzene rings is 1. The van der Waals surface area contributed by atoms with Crippen LogP contribution in [0.2, 0.25) is 0 Å². The third kappa shape index (κ3) is 6.06. The Labute approximate surface area is 190 Å². The lowest BCUT2D eigenvalue weighted by Gasteiger charge is -2.34. The number of hydrogen-bond donors (Lipinski definition) is 1. The first-order chi connectivity index (χ1) is 14.8. The molecule has 0 heterocycles. The molecule has 0 unspecified atom stereocenters. The van der Waals surface area contributed by atoms with Gasteiger partial charge in [0.05, 0.1) is 13.2 Å². The predicted molar refractivity (Wildman–Crippen MR) is 122 cm³/mol. The lowest BCUT2D eigenvalue weighted by atomic mass is 9.87. The molecule has 0 spiro atoms. The summed E-state index contributed by atoms with van der Waals surface area (Å²) < 4.78 is 11.4. The van der Waals surface area contributed by atoms with Gasteiger partial charge in [-0.05, 0) is 76.0 Å². The Bertz CT molecular complexity index is 773. The minimum atomic E-state index is -0.736. The molecule has 2 fully saturated rings. The molecule has 172 valence electrons. The van der Waals surface area contributed by atoms with E-state index in [1.165, 1.54) is 0 Å². The number of methoxy groups -OCH3 is 1. The van der Waals surface area contributed by atoms with E-state index in [2.05, 4.69) is 12.2 Å². The smallest absolute Gasteiger partial charge is 0.247 e. The van der Waals surface area contributed by atoms with Crippen molar-refractivity contribution >= 4 is 23.4 Å². The van der Waals surface area contributed by atoms with Gasteiger partial charge in [-0.25, -0.2) is 0 Å². The molecule has 0 aromatic heterocycles. The second-order valence-corrected chi connectivity index (χ2v) is 9.38. The maximum atomic E-state index is 13.5. The minimum absolute atomic E-state index is 0.00618. The highest BCUT2D eigenvalue weighted by molar-refractivity contribution is 6.27. The second kappa shape index (κ2) is 10.6. The maximum Gasteiger partial charge on any atom is 0.247 e. The third-order valence-electron chi connectivity index (χ3n) is 6.10. The van der Waals surface area contributed by atoms with Gasteiger partial charge in [-0.3, -0.25) is 9.59 Å². The van der Waals surface area contributed by atoms with Crippen LogP contribution in [0.15, 0.2) is 18.2 Å². The summed E-state index contributed by atoms with van der Waals surface area (Å²) in [5.41, 5.74) is 0.708. The molecule has 3 rings (SSSR count). The summed E-state index contributed by atoms with van der Waals surface area (Å²) in [6, 6.07) is 4.92. The van der Waals surface area contributed by atoms with E-state index in [0.717, 1.165) is 38.5 Å². The number of halogens is 1. The molecule has 7 heteroatoms. The topological polar surface area (TPSA) is 67.9 Å². The standard InChI is InChI=1S/C24H35ClN2O4/c1-15(2)31-20-12-7-17(13-21(20)30-4)23(27(19-10-11-19)22(28)14-25)24(29)26-18-8-5-16(3)6-9-18/h7,12-13,15-16,18-19,23H,5-6,8-11,14H2,1-4H3,(H,26,29)/t16?,18?,23-/m1/s1. The minimum Gasteiger partial charge on any atom is -0.493 e. The highest BCUT2D eigenvalue weighted by Gasteiger charge is 2.41. The van der Waals surface area contributed by atoms with E-state index in [1.807, 2.05) is 32.0 Å². The fourth-order valence-corrected chi connectivity index (χ4v) is 4.45. The zero-order chi connectivity index (χ0) is 22.5. The maximum absolute atomic E-state index is 13.5. The Balaban J connectivity index is 1.91. The summed E-state index contributed by atoms with van der Waals surface area (Å²) in [7, 11) is 1.58. The second-order valence-electron chi connectivity index (χ2n) is 9.11. The molecule has 2 aliphatic rings. The van der Waals surface area contributed by atoms with Crippen molar-refractivity contribution in [1.82, 2.24) is 10.2 Å². The molecule has 0 aliphatic heterocycles. The SMILES string of the molecule is COc1cc([C@H](C(=O)NC2CCC(C)CC2)N(C(=O)CCl)C2CC2)ccc1OC(C)C. The molecule has 1 aromatic carbocycles. The number of nitrogens with zero attached hydrogens (tertiary/aromatic N) is 1. The van der Waals surface area contributed by atoms with Crippen molar-refractivity contribution in [2.75, 3.05) is 13.0 Å². The molecule has 1 N–H and O–H groups in total. The van der Waals surface area contributed by atoms with Crippen LogP contribution in [-0.4, -0.2) is 47.9 Å². The Hall–Kier alpha value is -1.95. The first-order valence-corrected chi connectivity index (χ1v) is 11.9. The number of hydrogen-bond acceptors (Lipinski definition) is 4. The molecule has 0 radical (unpaired) electrons. The van der Waals surface area contributed by atoms with Crippen molar-refractivity contribution in [2.24, 2.45) is 5.92 Å². The van der Waals surface area contributed by atoms with Gasteiger partial charge in [0.25, 0.3) is 0 Å². The van der Waals surface area contributed by atoms with Crippen LogP contribution >= 0.6 is 11.6 Å². The highest BCUT2D eigenvalue weighted by atomic mass is 35.5. The molecule has 1 aromatic rings. The number of ether oxygens (including phenoxy) is 2. The summed E-state index contributed by atoms with van der Waals surface area (Å²) in [5.74, 6) is 1.34. The van der Waals surface area contributed by atoms with Crippen molar-refractivity contribution in [3.63, 3.8) is 0 Å². The van der Waals surface area contributed by atoms with E-state index in [9.17, 15) is 9.59 Å². The normalized spacial score (nSPS) is 22.0. The number of alkyl halides is 1. The van der Waals surface area contributed by atoms with E-state index in [4.69, 9.17) is 21.1 Å². The molecule has 1 atom stereocenters. The lowest BCUT2D eigenvalue weighted by molar-refractivity contribution is -0.140. The van der Waals surface area contributed by atoms with E-state index < -0.39 is 6.04 Å². The van der Waals surface area contributed by atoms with E-state index in [-0.39, 0.29) is 35.9 Å². The van der Waals surface area contributed by atoms with Gasteiger partial charge in [0, 0.05) is 12.1 Å². The van der Waals surface area contributed by atoms with E-state index in [1.54, 1.807) is 12.0 Å². The van der Waals surface area contributed by atoms with Gasteiger partial charge in [-0.2, -0.15) is 0 Å². The number of carbonyl (C=O) groups is 2. The first-order valence-electron chi connectivity index (χ1n) is 11.4. The van der Waals surface area contributed by atoms with Crippen LogP contribution in [0.25, 0.3) is 0 Å². The molecule has 2 saturated carbocycles. The third-order valence-corrected chi connectivity index (χ3v) is 6.33. The van der Waals surface area contributed by atoms with Gasteiger partial charge in [0.15, 0.2) is 11.5 Å². The number of amides is 2. The van der Waals surface area contributed by atoms with Gasteiger partial charge >= 0.3 is 0 Å². The monoisotopic (exact) mass is 450 g/mol. The number of carbonyl (C=O) groups excluding carboxylic acids is 2. The van der Waals surface area contributed by atoms with Crippen LogP contribution in [0.4, 0.5) is 0 Å². The predicted octanol–water partition coefficient (Wildman–Crippen LogP) is 4.45. The molecule has 31 heavy (non-hydrogen) atoms. The Kier molecular flexibility index (Phi) is 8.09. The zero-order valence-corrected chi connectivity index (χ0v) is 19.8. The lowest BCUT2D eigenvalue weighted by Crippen LogP contribution is -2.48. The van der Waals surface area contributed by atoms with Crippen LogP contribution in [0.1, 0.15) is 70.9 Å². The highest BCUT2D eigenvalue weighted by Crippen LogP contribution is 2.38. The molecule has 0 bridgehead atoms. The van der Waals surface area contributed by atoms with Crippen molar-refractivity contribution < 1.29 is 19.1 Å². The molecular formula is C24H35ClN2O4. The molecule has 6 nitrogen and oxygen atoms in total. The summed E-state index contributed by atoms with van der Waals surface area (Å²) in [4.78, 5) is 28.0. The van der Waals surface area contributed by atoms with Gasteiger partial charge in [0.2, 0.25) is 11.8 Å². The number of nitrogens with one attached hydrogen (secondary N) is 1. The van der Waals surface area contributed by atoms with Crippen molar-refractivity contribution in [1.29, 1.82) is 0 Å². The van der Waals surface area contributed by atoms with Crippen LogP contribution in [-0.2, 0) is 9.59 Å². The first kappa shape index (κ1) is 23.7. The van der Waals surface area contributed by atoms with Gasteiger partial charge in [0.1, 0.15) is 11.9 Å². The Morgan fingerprint density at radius 1 is 1.13 bits per heavy atom. The number of rotatable bonds is 9. The van der Waals surface area contributed by atoms with Crippen molar-refractivity contribution in [3.8, 4) is 11.5 Å². The van der Waals surface area contributed by atoms with Crippen LogP contribution in [0, 0.1) is 5.92 Å². The summed E-state index contributed by atoms with van der Waals surface area (Å²) in [6.45, 7) is 6.15.